The van der Waals surface area contributed by atoms with Crippen molar-refractivity contribution in [2.75, 3.05) is 33.4 Å². The predicted molar refractivity (Wildman–Crippen MR) is 91.8 cm³/mol. The van der Waals surface area contributed by atoms with Gasteiger partial charge in [-0.3, -0.25) is 0 Å². The van der Waals surface area contributed by atoms with Crippen LogP contribution in [0.1, 0.15) is 13.3 Å². The zero-order chi connectivity index (χ0) is 16.0. The highest BCUT2D eigenvalue weighted by atomic mass is 35.5. The maximum Gasteiger partial charge on any atom is 0.240 e. The van der Waals surface area contributed by atoms with Gasteiger partial charge in [0.05, 0.1) is 11.5 Å². The van der Waals surface area contributed by atoms with Crippen molar-refractivity contribution in [3.05, 3.63) is 24.3 Å². The number of hydrogen-bond acceptors (Lipinski definition) is 5. The van der Waals surface area contributed by atoms with Crippen LogP contribution in [0.3, 0.4) is 0 Å². The second-order valence-electron chi connectivity index (χ2n) is 5.51. The Morgan fingerprint density at radius 3 is 2.57 bits per heavy atom. The number of methoxy groups -OCH3 is 1. The molecule has 23 heavy (non-hydrogen) atoms. The summed E-state index contributed by atoms with van der Waals surface area (Å²) in [6.45, 7) is 4.60. The van der Waals surface area contributed by atoms with E-state index in [1.54, 1.807) is 31.4 Å². The molecule has 1 heterocycles. The van der Waals surface area contributed by atoms with Gasteiger partial charge in [-0.1, -0.05) is 6.92 Å². The molecule has 0 amide bonds. The molecule has 2 unspecified atom stereocenters. The lowest BCUT2D eigenvalue weighted by atomic mass is 9.96. The topological polar surface area (TPSA) is 76.7 Å². The molecular formula is C15H25ClN2O4S. The Bertz CT molecular complexity index is 565. The first-order valence-electron chi connectivity index (χ1n) is 7.48. The number of sulfonamides is 1. The molecule has 0 bridgehead atoms. The predicted octanol–water partition coefficient (Wildman–Crippen LogP) is 1.41. The minimum absolute atomic E-state index is 0. The SMILES string of the molecule is COCCOc1ccc(S(=O)(=O)NC2CNCCC2C)cc1.Cl. The van der Waals surface area contributed by atoms with E-state index >= 15 is 0 Å². The van der Waals surface area contributed by atoms with Crippen LogP contribution in [0.4, 0.5) is 0 Å². The highest BCUT2D eigenvalue weighted by Gasteiger charge is 2.26. The summed E-state index contributed by atoms with van der Waals surface area (Å²) in [6, 6.07) is 6.37. The van der Waals surface area contributed by atoms with Gasteiger partial charge in [-0.2, -0.15) is 0 Å². The summed E-state index contributed by atoms with van der Waals surface area (Å²) in [4.78, 5) is 0.254. The molecule has 1 aromatic carbocycles. The maximum absolute atomic E-state index is 12.4. The van der Waals surface area contributed by atoms with E-state index < -0.39 is 10.0 Å². The van der Waals surface area contributed by atoms with Crippen molar-refractivity contribution in [2.24, 2.45) is 5.92 Å². The van der Waals surface area contributed by atoms with Crippen LogP contribution in [-0.4, -0.2) is 47.9 Å². The fourth-order valence-corrected chi connectivity index (χ4v) is 3.72. The summed E-state index contributed by atoms with van der Waals surface area (Å²) in [5.74, 6) is 0.955. The Kier molecular flexibility index (Phi) is 8.28. The van der Waals surface area contributed by atoms with Crippen molar-refractivity contribution < 1.29 is 17.9 Å². The molecule has 132 valence electrons. The molecule has 0 spiro atoms. The van der Waals surface area contributed by atoms with Crippen LogP contribution in [0.25, 0.3) is 0 Å². The number of halogens is 1. The van der Waals surface area contributed by atoms with Crippen LogP contribution >= 0.6 is 12.4 Å². The molecule has 0 radical (unpaired) electrons. The van der Waals surface area contributed by atoms with Gasteiger partial charge in [0.15, 0.2) is 0 Å². The third-order valence-electron chi connectivity index (χ3n) is 3.82. The van der Waals surface area contributed by atoms with Gasteiger partial charge < -0.3 is 14.8 Å². The molecule has 0 aliphatic carbocycles. The summed E-state index contributed by atoms with van der Waals surface area (Å²) >= 11 is 0. The first-order valence-corrected chi connectivity index (χ1v) is 8.96. The van der Waals surface area contributed by atoms with Gasteiger partial charge in [-0.25, -0.2) is 13.1 Å². The molecule has 1 aromatic rings. The molecule has 1 aliphatic rings. The third-order valence-corrected chi connectivity index (χ3v) is 5.33. The standard InChI is InChI=1S/C15H24N2O4S.ClH/c1-12-7-8-16-11-15(12)17-22(18,19)14-5-3-13(4-6-14)21-10-9-20-2;/h3-6,12,15-17H,7-11H2,1-2H3;1H. The average Bonchev–Trinajstić information content (AvgIpc) is 2.50. The zero-order valence-corrected chi connectivity index (χ0v) is 15.1. The second kappa shape index (κ2) is 9.44. The van der Waals surface area contributed by atoms with Crippen molar-refractivity contribution in [3.8, 4) is 5.75 Å². The molecule has 1 saturated heterocycles. The Balaban J connectivity index is 0.00000264. The van der Waals surface area contributed by atoms with Crippen LogP contribution < -0.4 is 14.8 Å². The van der Waals surface area contributed by atoms with E-state index in [0.717, 1.165) is 13.0 Å². The smallest absolute Gasteiger partial charge is 0.240 e. The van der Waals surface area contributed by atoms with E-state index in [1.807, 2.05) is 0 Å². The number of hydrogen-bond donors (Lipinski definition) is 2. The number of piperidine rings is 1. The Hall–Kier alpha value is -0.860. The Morgan fingerprint density at radius 1 is 1.26 bits per heavy atom. The summed E-state index contributed by atoms with van der Waals surface area (Å²) in [5.41, 5.74) is 0. The Morgan fingerprint density at radius 2 is 1.96 bits per heavy atom. The monoisotopic (exact) mass is 364 g/mol. The Labute approximate surface area is 144 Å². The lowest BCUT2D eigenvalue weighted by Gasteiger charge is -2.29. The highest BCUT2D eigenvalue weighted by Crippen LogP contribution is 2.18. The van der Waals surface area contributed by atoms with Gasteiger partial charge in [0.25, 0.3) is 0 Å². The van der Waals surface area contributed by atoms with Gasteiger partial charge in [0, 0.05) is 19.7 Å². The van der Waals surface area contributed by atoms with Crippen molar-refractivity contribution in [3.63, 3.8) is 0 Å². The normalized spacial score (nSPS) is 21.5. The number of nitrogens with one attached hydrogen (secondary N) is 2. The van der Waals surface area contributed by atoms with Gasteiger partial charge in [0.1, 0.15) is 12.4 Å². The lowest BCUT2D eigenvalue weighted by molar-refractivity contribution is 0.146. The molecular weight excluding hydrogens is 340 g/mol. The quantitative estimate of drug-likeness (QED) is 0.715. The number of benzene rings is 1. The van der Waals surface area contributed by atoms with Gasteiger partial charge in [-0.15, -0.1) is 12.4 Å². The molecule has 8 heteroatoms. The number of rotatable bonds is 7. The third kappa shape index (κ3) is 5.93. The van der Waals surface area contributed by atoms with E-state index in [2.05, 4.69) is 17.0 Å². The molecule has 0 aromatic heterocycles. The summed E-state index contributed by atoms with van der Waals surface area (Å²) in [5, 5.41) is 3.22. The van der Waals surface area contributed by atoms with Crippen LogP contribution in [0.5, 0.6) is 5.75 Å². The minimum Gasteiger partial charge on any atom is -0.491 e. The summed E-state index contributed by atoms with van der Waals surface area (Å²) in [6.07, 6.45) is 0.972. The van der Waals surface area contributed by atoms with Crippen LogP contribution in [0, 0.1) is 5.92 Å². The van der Waals surface area contributed by atoms with Crippen molar-refractivity contribution >= 4 is 22.4 Å². The molecule has 1 aliphatic heterocycles. The van der Waals surface area contributed by atoms with Crippen LogP contribution in [-0.2, 0) is 14.8 Å². The van der Waals surface area contributed by atoms with Gasteiger partial charge in [0.2, 0.25) is 10.0 Å². The first-order chi connectivity index (χ1) is 10.5. The summed E-state index contributed by atoms with van der Waals surface area (Å²) in [7, 11) is -1.90. The van der Waals surface area contributed by atoms with E-state index in [1.165, 1.54) is 0 Å². The second-order valence-corrected chi connectivity index (χ2v) is 7.22. The van der Waals surface area contributed by atoms with Crippen LogP contribution in [0.2, 0.25) is 0 Å². The minimum atomic E-state index is -3.50. The molecule has 1 fully saturated rings. The lowest BCUT2D eigenvalue weighted by Crippen LogP contribution is -2.50. The average molecular weight is 365 g/mol. The largest absolute Gasteiger partial charge is 0.491 e. The highest BCUT2D eigenvalue weighted by molar-refractivity contribution is 7.89. The van der Waals surface area contributed by atoms with E-state index in [-0.39, 0.29) is 23.3 Å². The fourth-order valence-electron chi connectivity index (χ4n) is 2.37. The van der Waals surface area contributed by atoms with Gasteiger partial charge in [-0.05, 0) is 43.1 Å². The van der Waals surface area contributed by atoms with Gasteiger partial charge >= 0.3 is 0 Å². The van der Waals surface area contributed by atoms with Crippen LogP contribution in [0.15, 0.2) is 29.2 Å². The molecule has 2 N–H and O–H groups in total. The summed E-state index contributed by atoms with van der Waals surface area (Å²) < 4.78 is 37.9. The van der Waals surface area contributed by atoms with Crippen molar-refractivity contribution in [1.29, 1.82) is 0 Å². The maximum atomic E-state index is 12.4. The molecule has 2 atom stereocenters. The first kappa shape index (κ1) is 20.2. The van der Waals surface area contributed by atoms with E-state index in [9.17, 15) is 8.42 Å². The van der Waals surface area contributed by atoms with E-state index in [4.69, 9.17) is 9.47 Å². The van der Waals surface area contributed by atoms with Crippen molar-refractivity contribution in [2.45, 2.75) is 24.3 Å². The number of ether oxygens (including phenoxy) is 2. The molecule has 2 rings (SSSR count). The van der Waals surface area contributed by atoms with E-state index in [0.29, 0.717) is 31.4 Å². The molecule has 6 nitrogen and oxygen atoms in total. The molecule has 0 saturated carbocycles. The zero-order valence-electron chi connectivity index (χ0n) is 13.4. The fraction of sp³-hybridized carbons (Fsp3) is 0.600. The van der Waals surface area contributed by atoms with Crippen molar-refractivity contribution in [1.82, 2.24) is 10.0 Å².